The van der Waals surface area contributed by atoms with Crippen molar-refractivity contribution in [3.05, 3.63) is 29.6 Å². The van der Waals surface area contributed by atoms with E-state index in [4.69, 9.17) is 9.47 Å². The molecular weight excluding hydrogens is 190 g/mol. The second-order valence-electron chi connectivity index (χ2n) is 3.77. The Labute approximate surface area is 90.4 Å². The average molecular weight is 207 g/mol. The third kappa shape index (κ3) is 3.01. The first-order chi connectivity index (χ1) is 7.38. The third-order valence-corrected chi connectivity index (χ3v) is 2.58. The molecule has 0 unspecified atom stereocenters. The van der Waals surface area contributed by atoms with E-state index in [1.54, 1.807) is 0 Å². The highest BCUT2D eigenvalue weighted by molar-refractivity contribution is 5.10. The van der Waals surface area contributed by atoms with Gasteiger partial charge in [0, 0.05) is 12.3 Å². The molecule has 15 heavy (non-hydrogen) atoms. The molecular formula is C12H17NO2. The van der Waals surface area contributed by atoms with E-state index < -0.39 is 0 Å². The number of pyridine rings is 1. The lowest BCUT2D eigenvalue weighted by Gasteiger charge is -2.09. The Morgan fingerprint density at radius 3 is 3.07 bits per heavy atom. The second-order valence-corrected chi connectivity index (χ2v) is 3.77. The molecule has 0 N–H and O–H groups in total. The minimum absolute atomic E-state index is 0.261. The standard InChI is InChI=1S/C12H17NO2/c1-2-10-4-3-5-11(13-10)8-15-12-6-7-14-9-12/h3-5,12H,2,6-9H2,1H3/t12-/m0/s1. The summed E-state index contributed by atoms with van der Waals surface area (Å²) in [6.07, 6.45) is 2.24. The highest BCUT2D eigenvalue weighted by Gasteiger charge is 2.15. The first-order valence-corrected chi connectivity index (χ1v) is 5.52. The fourth-order valence-electron chi connectivity index (χ4n) is 1.65. The normalized spacial score (nSPS) is 20.7. The Hall–Kier alpha value is -0.930. The van der Waals surface area contributed by atoms with Crippen LogP contribution in [0.3, 0.4) is 0 Å². The summed E-state index contributed by atoms with van der Waals surface area (Å²) in [6.45, 7) is 4.26. The summed E-state index contributed by atoms with van der Waals surface area (Å²) in [7, 11) is 0. The number of rotatable bonds is 4. The van der Waals surface area contributed by atoms with Gasteiger partial charge in [-0.25, -0.2) is 0 Å². The molecule has 3 nitrogen and oxygen atoms in total. The molecule has 0 saturated carbocycles. The SMILES string of the molecule is CCc1cccc(CO[C@H]2CCOC2)n1. The number of aryl methyl sites for hydroxylation is 1. The lowest BCUT2D eigenvalue weighted by molar-refractivity contribution is 0.0301. The van der Waals surface area contributed by atoms with Gasteiger partial charge in [0.15, 0.2) is 0 Å². The van der Waals surface area contributed by atoms with Crippen LogP contribution >= 0.6 is 0 Å². The van der Waals surface area contributed by atoms with Crippen molar-refractivity contribution in [3.8, 4) is 0 Å². The molecule has 1 aliphatic rings. The van der Waals surface area contributed by atoms with Crippen molar-refractivity contribution < 1.29 is 9.47 Å². The summed E-state index contributed by atoms with van der Waals surface area (Å²) in [6, 6.07) is 6.09. The van der Waals surface area contributed by atoms with E-state index >= 15 is 0 Å². The van der Waals surface area contributed by atoms with Crippen LogP contribution in [0.1, 0.15) is 24.7 Å². The van der Waals surface area contributed by atoms with Crippen molar-refractivity contribution in [2.24, 2.45) is 0 Å². The average Bonchev–Trinajstić information content (AvgIpc) is 2.79. The highest BCUT2D eigenvalue weighted by atomic mass is 16.5. The van der Waals surface area contributed by atoms with Crippen LogP contribution in [0.15, 0.2) is 18.2 Å². The van der Waals surface area contributed by atoms with Gasteiger partial charge in [0.05, 0.1) is 25.0 Å². The maximum absolute atomic E-state index is 5.70. The minimum Gasteiger partial charge on any atom is -0.379 e. The Balaban J connectivity index is 1.86. The summed E-state index contributed by atoms with van der Waals surface area (Å²) >= 11 is 0. The van der Waals surface area contributed by atoms with E-state index in [-0.39, 0.29) is 6.10 Å². The maximum Gasteiger partial charge on any atom is 0.0892 e. The molecule has 0 bridgehead atoms. The molecule has 1 aromatic heterocycles. The number of ether oxygens (including phenoxy) is 2. The largest absolute Gasteiger partial charge is 0.379 e. The van der Waals surface area contributed by atoms with Gasteiger partial charge in [0.2, 0.25) is 0 Å². The van der Waals surface area contributed by atoms with E-state index in [9.17, 15) is 0 Å². The van der Waals surface area contributed by atoms with Gasteiger partial charge < -0.3 is 9.47 Å². The van der Waals surface area contributed by atoms with E-state index in [0.29, 0.717) is 6.61 Å². The molecule has 1 aromatic rings. The summed E-state index contributed by atoms with van der Waals surface area (Å²) < 4.78 is 10.9. The zero-order valence-electron chi connectivity index (χ0n) is 9.11. The van der Waals surface area contributed by atoms with Gasteiger partial charge in [-0.3, -0.25) is 4.98 Å². The molecule has 0 amide bonds. The second kappa shape index (κ2) is 5.24. The summed E-state index contributed by atoms with van der Waals surface area (Å²) in [4.78, 5) is 4.49. The Morgan fingerprint density at radius 2 is 2.33 bits per heavy atom. The first-order valence-electron chi connectivity index (χ1n) is 5.52. The molecule has 0 spiro atoms. The zero-order valence-corrected chi connectivity index (χ0v) is 9.11. The number of hydrogen-bond acceptors (Lipinski definition) is 3. The van der Waals surface area contributed by atoms with Gasteiger partial charge in [-0.2, -0.15) is 0 Å². The van der Waals surface area contributed by atoms with E-state index in [1.165, 1.54) is 0 Å². The molecule has 1 saturated heterocycles. The zero-order chi connectivity index (χ0) is 10.5. The lowest BCUT2D eigenvalue weighted by atomic mass is 10.2. The monoisotopic (exact) mass is 207 g/mol. The van der Waals surface area contributed by atoms with Crippen molar-refractivity contribution in [2.45, 2.75) is 32.5 Å². The Morgan fingerprint density at radius 1 is 1.47 bits per heavy atom. The molecule has 1 aliphatic heterocycles. The molecule has 3 heteroatoms. The summed E-state index contributed by atoms with van der Waals surface area (Å²) in [5, 5.41) is 0. The van der Waals surface area contributed by atoms with E-state index in [0.717, 1.165) is 37.4 Å². The topological polar surface area (TPSA) is 31.4 Å². The molecule has 0 radical (unpaired) electrons. The van der Waals surface area contributed by atoms with Crippen LogP contribution in [0.25, 0.3) is 0 Å². The van der Waals surface area contributed by atoms with Gasteiger partial charge in [-0.05, 0) is 25.0 Å². The lowest BCUT2D eigenvalue weighted by Crippen LogP contribution is -2.12. The number of nitrogens with zero attached hydrogens (tertiary/aromatic N) is 1. The van der Waals surface area contributed by atoms with Gasteiger partial charge in [-0.1, -0.05) is 13.0 Å². The Bertz CT molecular complexity index is 308. The summed E-state index contributed by atoms with van der Waals surface area (Å²) in [5.74, 6) is 0. The number of aromatic nitrogens is 1. The van der Waals surface area contributed by atoms with Gasteiger partial charge in [0.25, 0.3) is 0 Å². The molecule has 0 aliphatic carbocycles. The predicted molar refractivity (Wildman–Crippen MR) is 57.6 cm³/mol. The first kappa shape index (κ1) is 10.6. The summed E-state index contributed by atoms with van der Waals surface area (Å²) in [5.41, 5.74) is 2.14. The van der Waals surface area contributed by atoms with Gasteiger partial charge in [-0.15, -0.1) is 0 Å². The molecule has 1 atom stereocenters. The Kier molecular flexibility index (Phi) is 3.69. The van der Waals surface area contributed by atoms with Crippen LogP contribution in [-0.2, 0) is 22.5 Å². The smallest absolute Gasteiger partial charge is 0.0892 e. The van der Waals surface area contributed by atoms with Crippen LogP contribution in [0, 0.1) is 0 Å². The highest BCUT2D eigenvalue weighted by Crippen LogP contribution is 2.10. The maximum atomic E-state index is 5.70. The van der Waals surface area contributed by atoms with Crippen molar-refractivity contribution in [2.75, 3.05) is 13.2 Å². The van der Waals surface area contributed by atoms with Crippen LogP contribution < -0.4 is 0 Å². The molecule has 2 heterocycles. The fourth-order valence-corrected chi connectivity index (χ4v) is 1.65. The van der Waals surface area contributed by atoms with Crippen LogP contribution in [0.5, 0.6) is 0 Å². The van der Waals surface area contributed by atoms with Gasteiger partial charge in [0.1, 0.15) is 0 Å². The van der Waals surface area contributed by atoms with Crippen molar-refractivity contribution in [1.82, 2.24) is 4.98 Å². The quantitative estimate of drug-likeness (QED) is 0.756. The molecule has 0 aromatic carbocycles. The van der Waals surface area contributed by atoms with Crippen LogP contribution in [0.4, 0.5) is 0 Å². The van der Waals surface area contributed by atoms with Crippen molar-refractivity contribution >= 4 is 0 Å². The molecule has 82 valence electrons. The molecule has 2 rings (SSSR count). The molecule has 1 fully saturated rings. The fraction of sp³-hybridized carbons (Fsp3) is 0.583. The van der Waals surface area contributed by atoms with Crippen molar-refractivity contribution in [1.29, 1.82) is 0 Å². The van der Waals surface area contributed by atoms with Crippen molar-refractivity contribution in [3.63, 3.8) is 0 Å². The van der Waals surface area contributed by atoms with E-state index in [2.05, 4.69) is 11.9 Å². The van der Waals surface area contributed by atoms with Gasteiger partial charge >= 0.3 is 0 Å². The van der Waals surface area contributed by atoms with E-state index in [1.807, 2.05) is 18.2 Å². The predicted octanol–water partition coefficient (Wildman–Crippen LogP) is 1.95. The van der Waals surface area contributed by atoms with Crippen LogP contribution in [-0.4, -0.2) is 24.3 Å². The van der Waals surface area contributed by atoms with Crippen LogP contribution in [0.2, 0.25) is 0 Å². The third-order valence-electron chi connectivity index (χ3n) is 2.58. The minimum atomic E-state index is 0.261. The number of hydrogen-bond donors (Lipinski definition) is 0.